The monoisotopic (exact) mass is 270 g/mol. The molecular weight excluding hydrogens is 240 g/mol. The third kappa shape index (κ3) is 9.50. The van der Waals surface area contributed by atoms with Crippen LogP contribution in [0.25, 0.3) is 0 Å². The largest absolute Gasteiger partial charge is 0.386 e. The Morgan fingerprint density at radius 2 is 2.05 bits per heavy atom. The summed E-state index contributed by atoms with van der Waals surface area (Å²) < 4.78 is 5.05. The fraction of sp³-hybridized carbons (Fsp3) is 0.786. The summed E-state index contributed by atoms with van der Waals surface area (Å²) in [5.74, 6) is 1.09. The summed E-state index contributed by atoms with van der Waals surface area (Å²) in [5.41, 5.74) is 0. The van der Waals surface area contributed by atoms with Gasteiger partial charge in [-0.05, 0) is 26.0 Å². The normalized spacial score (nSPS) is 12.9. The van der Waals surface area contributed by atoms with Crippen LogP contribution in [0.4, 0.5) is 0 Å². The molecule has 0 aliphatic rings. The molecule has 5 nitrogen and oxygen atoms in total. The first-order chi connectivity index (χ1) is 9.01. The number of hydrogen-bond acceptors (Lipinski definition) is 4. The van der Waals surface area contributed by atoms with E-state index in [9.17, 15) is 0 Å². The zero-order chi connectivity index (χ0) is 14.7. The molecule has 0 spiro atoms. The number of rotatable bonds is 10. The molecule has 0 aliphatic carbocycles. The number of hydrogen-bond donors (Lipinski definition) is 3. The molecule has 0 aliphatic heterocycles. The van der Waals surface area contributed by atoms with Crippen LogP contribution in [-0.2, 0) is 4.74 Å². The zero-order valence-corrected chi connectivity index (χ0v) is 13.0. The molecule has 0 radical (unpaired) electrons. The maximum atomic E-state index is 8.10. The summed E-state index contributed by atoms with van der Waals surface area (Å²) in [6.07, 6.45) is 3.64. The average Bonchev–Trinajstić information content (AvgIpc) is 2.34. The number of ether oxygens (including phenoxy) is 1. The van der Waals surface area contributed by atoms with Crippen LogP contribution in [0.15, 0.2) is 12.3 Å². The van der Waals surface area contributed by atoms with Gasteiger partial charge in [0, 0.05) is 39.0 Å². The number of methoxy groups -OCH3 is 1. The summed E-state index contributed by atoms with van der Waals surface area (Å²) >= 11 is 0. The van der Waals surface area contributed by atoms with E-state index in [1.165, 1.54) is 0 Å². The van der Waals surface area contributed by atoms with Crippen LogP contribution in [-0.4, -0.2) is 57.2 Å². The Kier molecular flexibility index (Phi) is 10.2. The van der Waals surface area contributed by atoms with Crippen LogP contribution < -0.4 is 10.6 Å². The van der Waals surface area contributed by atoms with Gasteiger partial charge in [-0.3, -0.25) is 5.41 Å². The predicted octanol–water partition coefficient (Wildman–Crippen LogP) is 1.28. The van der Waals surface area contributed by atoms with Gasteiger partial charge in [-0.15, -0.1) is 0 Å². The summed E-state index contributed by atoms with van der Waals surface area (Å²) in [5, 5.41) is 14.4. The number of nitrogens with one attached hydrogen (secondary N) is 3. The lowest BCUT2D eigenvalue weighted by Crippen LogP contribution is -2.37. The van der Waals surface area contributed by atoms with Gasteiger partial charge in [0.05, 0.1) is 6.61 Å². The minimum absolute atomic E-state index is 0.255. The van der Waals surface area contributed by atoms with E-state index in [1.807, 2.05) is 26.2 Å². The van der Waals surface area contributed by atoms with E-state index in [2.05, 4.69) is 29.4 Å². The SMILES string of the molecule is CNCCN(CC(C)C)C(=N)/C=C/NC(C)COC. The molecule has 0 aromatic rings. The van der Waals surface area contributed by atoms with Crippen LogP contribution in [0.3, 0.4) is 0 Å². The van der Waals surface area contributed by atoms with Gasteiger partial charge in [0.15, 0.2) is 0 Å². The van der Waals surface area contributed by atoms with Gasteiger partial charge >= 0.3 is 0 Å². The Morgan fingerprint density at radius 1 is 1.37 bits per heavy atom. The average molecular weight is 270 g/mol. The van der Waals surface area contributed by atoms with Gasteiger partial charge in [-0.25, -0.2) is 0 Å². The molecule has 0 bridgehead atoms. The fourth-order valence-corrected chi connectivity index (χ4v) is 1.69. The van der Waals surface area contributed by atoms with Crippen LogP contribution in [0.1, 0.15) is 20.8 Å². The first-order valence-corrected chi connectivity index (χ1v) is 6.90. The van der Waals surface area contributed by atoms with Crippen molar-refractivity contribution in [2.75, 3.05) is 40.4 Å². The number of amidine groups is 1. The Balaban J connectivity index is 4.25. The minimum Gasteiger partial charge on any atom is -0.386 e. The van der Waals surface area contributed by atoms with Gasteiger partial charge in [-0.1, -0.05) is 13.8 Å². The molecule has 0 saturated heterocycles. The molecule has 0 aromatic heterocycles. The minimum atomic E-state index is 0.255. The molecule has 0 aromatic carbocycles. The fourth-order valence-electron chi connectivity index (χ4n) is 1.69. The lowest BCUT2D eigenvalue weighted by atomic mass is 10.2. The Labute approximate surface area is 117 Å². The first kappa shape index (κ1) is 17.9. The van der Waals surface area contributed by atoms with E-state index in [0.717, 1.165) is 19.6 Å². The maximum absolute atomic E-state index is 8.10. The summed E-state index contributed by atoms with van der Waals surface area (Å²) in [6.45, 7) is 9.68. The van der Waals surface area contributed by atoms with Crippen molar-refractivity contribution < 1.29 is 4.74 Å². The summed E-state index contributed by atoms with van der Waals surface area (Å²) in [4.78, 5) is 2.08. The van der Waals surface area contributed by atoms with E-state index < -0.39 is 0 Å². The van der Waals surface area contributed by atoms with E-state index in [-0.39, 0.29) is 6.04 Å². The smallest absolute Gasteiger partial charge is 0.122 e. The van der Waals surface area contributed by atoms with Crippen LogP contribution in [0, 0.1) is 11.3 Å². The first-order valence-electron chi connectivity index (χ1n) is 6.90. The van der Waals surface area contributed by atoms with E-state index in [0.29, 0.717) is 18.4 Å². The van der Waals surface area contributed by atoms with Gasteiger partial charge < -0.3 is 20.3 Å². The number of likely N-dealkylation sites (N-methyl/N-ethyl adjacent to an activating group) is 1. The molecule has 0 rings (SSSR count). The summed E-state index contributed by atoms with van der Waals surface area (Å²) in [6, 6.07) is 0.255. The Bertz CT molecular complexity index is 266. The van der Waals surface area contributed by atoms with Crippen LogP contribution >= 0.6 is 0 Å². The second-order valence-corrected chi connectivity index (χ2v) is 5.19. The lowest BCUT2D eigenvalue weighted by Gasteiger charge is -2.25. The van der Waals surface area contributed by atoms with Crippen molar-refractivity contribution in [1.82, 2.24) is 15.5 Å². The Morgan fingerprint density at radius 3 is 2.58 bits per heavy atom. The van der Waals surface area contributed by atoms with Crippen molar-refractivity contribution >= 4 is 5.84 Å². The van der Waals surface area contributed by atoms with Gasteiger partial charge in [-0.2, -0.15) is 0 Å². The van der Waals surface area contributed by atoms with Gasteiger partial charge in [0.2, 0.25) is 0 Å². The zero-order valence-electron chi connectivity index (χ0n) is 13.0. The lowest BCUT2D eigenvalue weighted by molar-refractivity contribution is 0.177. The highest BCUT2D eigenvalue weighted by Crippen LogP contribution is 2.00. The third-order valence-corrected chi connectivity index (χ3v) is 2.60. The molecule has 1 unspecified atom stereocenters. The second kappa shape index (κ2) is 10.8. The second-order valence-electron chi connectivity index (χ2n) is 5.19. The molecule has 0 fully saturated rings. The molecule has 1 atom stereocenters. The molecule has 0 amide bonds. The molecular formula is C14H30N4O. The molecule has 19 heavy (non-hydrogen) atoms. The highest BCUT2D eigenvalue weighted by atomic mass is 16.5. The highest BCUT2D eigenvalue weighted by molar-refractivity contribution is 5.90. The van der Waals surface area contributed by atoms with Gasteiger partial charge in [0.1, 0.15) is 5.84 Å². The van der Waals surface area contributed by atoms with Gasteiger partial charge in [0.25, 0.3) is 0 Å². The van der Waals surface area contributed by atoms with Crippen molar-refractivity contribution in [3.63, 3.8) is 0 Å². The van der Waals surface area contributed by atoms with Crippen molar-refractivity contribution in [2.45, 2.75) is 26.8 Å². The highest BCUT2D eigenvalue weighted by Gasteiger charge is 2.08. The topological polar surface area (TPSA) is 60.4 Å². The molecule has 3 N–H and O–H groups in total. The van der Waals surface area contributed by atoms with Crippen molar-refractivity contribution in [3.05, 3.63) is 12.3 Å². The van der Waals surface area contributed by atoms with Crippen molar-refractivity contribution in [1.29, 1.82) is 5.41 Å². The molecule has 112 valence electrons. The van der Waals surface area contributed by atoms with E-state index in [1.54, 1.807) is 7.11 Å². The number of nitrogens with zero attached hydrogens (tertiary/aromatic N) is 1. The molecule has 5 heteroatoms. The predicted molar refractivity (Wildman–Crippen MR) is 81.7 cm³/mol. The van der Waals surface area contributed by atoms with E-state index >= 15 is 0 Å². The van der Waals surface area contributed by atoms with E-state index in [4.69, 9.17) is 10.1 Å². The van der Waals surface area contributed by atoms with Crippen molar-refractivity contribution in [3.8, 4) is 0 Å². The Hall–Kier alpha value is -1.07. The quantitative estimate of drug-likeness (QED) is 0.413. The maximum Gasteiger partial charge on any atom is 0.122 e. The molecule has 0 heterocycles. The third-order valence-electron chi connectivity index (χ3n) is 2.60. The summed E-state index contributed by atoms with van der Waals surface area (Å²) in [7, 11) is 3.62. The standard InChI is InChI=1S/C14H30N4O/c1-12(2)10-18(9-8-16-4)14(15)6-7-17-13(3)11-19-5/h6-7,12-13,15-17H,8-11H2,1-5H3/b7-6+,15-14?. The van der Waals surface area contributed by atoms with Crippen molar-refractivity contribution in [2.24, 2.45) is 5.92 Å². The van der Waals surface area contributed by atoms with Crippen LogP contribution in [0.5, 0.6) is 0 Å². The molecule has 0 saturated carbocycles. The van der Waals surface area contributed by atoms with Crippen LogP contribution in [0.2, 0.25) is 0 Å².